The number of benzene rings is 1. The van der Waals surface area contributed by atoms with Crippen molar-refractivity contribution in [2.45, 2.75) is 27.3 Å². The Labute approximate surface area is 146 Å². The second-order valence-corrected chi connectivity index (χ2v) is 6.51. The smallest absolute Gasteiger partial charge is 0.239 e. The van der Waals surface area contributed by atoms with Crippen molar-refractivity contribution in [1.29, 1.82) is 0 Å². The molecule has 0 aliphatic heterocycles. The Morgan fingerprint density at radius 1 is 1.12 bits per heavy atom. The van der Waals surface area contributed by atoms with Crippen molar-refractivity contribution >= 4 is 29.1 Å². The molecule has 1 aromatic heterocycles. The van der Waals surface area contributed by atoms with Crippen molar-refractivity contribution < 1.29 is 9.59 Å². The summed E-state index contributed by atoms with van der Waals surface area (Å²) in [6.45, 7) is 5.38. The summed E-state index contributed by atoms with van der Waals surface area (Å²) >= 11 is 5.96. The minimum atomic E-state index is -1.22. The zero-order valence-electron chi connectivity index (χ0n) is 13.9. The Morgan fingerprint density at radius 2 is 1.79 bits per heavy atom. The van der Waals surface area contributed by atoms with Crippen LogP contribution in [0.25, 0.3) is 0 Å². The van der Waals surface area contributed by atoms with Gasteiger partial charge in [0.2, 0.25) is 11.8 Å². The van der Waals surface area contributed by atoms with Crippen LogP contribution < -0.4 is 10.6 Å². The Bertz CT molecular complexity index is 745. The fourth-order valence-corrected chi connectivity index (χ4v) is 2.19. The molecule has 2 amide bonds. The largest absolute Gasteiger partial charge is 0.351 e. The van der Waals surface area contributed by atoms with Gasteiger partial charge in [-0.3, -0.25) is 14.6 Å². The van der Waals surface area contributed by atoms with E-state index in [1.54, 1.807) is 38.4 Å². The number of aromatic nitrogens is 1. The normalized spacial score (nSPS) is 11.0. The molecule has 0 aliphatic rings. The topological polar surface area (TPSA) is 71.1 Å². The third-order valence-electron chi connectivity index (χ3n) is 3.79. The monoisotopic (exact) mass is 345 g/mol. The molecule has 5 nitrogen and oxygen atoms in total. The van der Waals surface area contributed by atoms with Crippen LogP contribution in [0.4, 0.5) is 5.69 Å². The van der Waals surface area contributed by atoms with Crippen LogP contribution in [-0.2, 0) is 16.1 Å². The Balaban J connectivity index is 2.03. The lowest BCUT2D eigenvalue weighted by Crippen LogP contribution is -2.45. The molecule has 1 aromatic carbocycles. The van der Waals surface area contributed by atoms with Gasteiger partial charge in [0.15, 0.2) is 0 Å². The summed E-state index contributed by atoms with van der Waals surface area (Å²) in [5.41, 5.74) is 1.17. The van der Waals surface area contributed by atoms with Gasteiger partial charge in [0.1, 0.15) is 5.41 Å². The second kappa shape index (κ2) is 7.45. The highest BCUT2D eigenvalue weighted by molar-refractivity contribution is 6.31. The maximum absolute atomic E-state index is 12.5. The van der Waals surface area contributed by atoms with E-state index >= 15 is 0 Å². The summed E-state index contributed by atoms with van der Waals surface area (Å²) in [6.07, 6.45) is 3.31. The first kappa shape index (κ1) is 17.9. The van der Waals surface area contributed by atoms with Crippen LogP contribution in [0.5, 0.6) is 0 Å². The summed E-state index contributed by atoms with van der Waals surface area (Å²) in [6, 6.07) is 8.85. The van der Waals surface area contributed by atoms with Gasteiger partial charge in [-0.1, -0.05) is 17.7 Å². The Kier molecular flexibility index (Phi) is 5.57. The lowest BCUT2D eigenvalue weighted by Gasteiger charge is -2.23. The molecule has 24 heavy (non-hydrogen) atoms. The lowest BCUT2D eigenvalue weighted by molar-refractivity contribution is -0.138. The number of rotatable bonds is 5. The molecule has 0 unspecified atom stereocenters. The van der Waals surface area contributed by atoms with Crippen LogP contribution in [0.15, 0.2) is 42.7 Å². The fourth-order valence-electron chi connectivity index (χ4n) is 2.01. The van der Waals surface area contributed by atoms with Crippen LogP contribution in [0.3, 0.4) is 0 Å². The van der Waals surface area contributed by atoms with Crippen molar-refractivity contribution in [3.8, 4) is 0 Å². The SMILES string of the molecule is Cc1ccc(Cl)cc1NC(=O)C(C)(C)C(=O)NCc1ccncc1. The number of anilines is 1. The van der Waals surface area contributed by atoms with Crippen molar-refractivity contribution in [3.63, 3.8) is 0 Å². The first-order valence-corrected chi connectivity index (χ1v) is 7.93. The van der Waals surface area contributed by atoms with E-state index in [0.29, 0.717) is 17.3 Å². The molecule has 2 aromatic rings. The van der Waals surface area contributed by atoms with Gasteiger partial charge in [0, 0.05) is 29.6 Å². The number of amides is 2. The number of carbonyl (C=O) groups is 2. The predicted octanol–water partition coefficient (Wildman–Crippen LogP) is 3.32. The first-order valence-electron chi connectivity index (χ1n) is 7.55. The molecule has 0 fully saturated rings. The summed E-state index contributed by atoms with van der Waals surface area (Å²) < 4.78 is 0. The maximum atomic E-state index is 12.5. The molecule has 0 radical (unpaired) electrons. The van der Waals surface area contributed by atoms with Gasteiger partial charge in [0.25, 0.3) is 0 Å². The zero-order valence-corrected chi connectivity index (χ0v) is 14.6. The molecular weight excluding hydrogens is 326 g/mol. The van der Waals surface area contributed by atoms with Crippen LogP contribution >= 0.6 is 11.6 Å². The number of hydrogen-bond acceptors (Lipinski definition) is 3. The third-order valence-corrected chi connectivity index (χ3v) is 4.02. The average molecular weight is 346 g/mol. The van der Waals surface area contributed by atoms with E-state index in [1.165, 1.54) is 0 Å². The molecule has 0 bridgehead atoms. The van der Waals surface area contributed by atoms with Gasteiger partial charge in [0.05, 0.1) is 0 Å². The molecule has 0 saturated heterocycles. The van der Waals surface area contributed by atoms with Crippen molar-refractivity contribution in [3.05, 3.63) is 58.9 Å². The Morgan fingerprint density at radius 3 is 2.46 bits per heavy atom. The number of pyridine rings is 1. The van der Waals surface area contributed by atoms with E-state index < -0.39 is 5.41 Å². The molecule has 0 atom stereocenters. The molecule has 0 saturated carbocycles. The minimum absolute atomic E-state index is 0.342. The molecule has 2 N–H and O–H groups in total. The van der Waals surface area contributed by atoms with Crippen LogP contribution in [0, 0.1) is 12.3 Å². The van der Waals surface area contributed by atoms with Crippen LogP contribution in [0.2, 0.25) is 5.02 Å². The summed E-state index contributed by atoms with van der Waals surface area (Å²) in [5, 5.41) is 6.08. The van der Waals surface area contributed by atoms with Crippen molar-refractivity contribution in [2.24, 2.45) is 5.41 Å². The van der Waals surface area contributed by atoms with Gasteiger partial charge in [-0.15, -0.1) is 0 Å². The van der Waals surface area contributed by atoms with Crippen LogP contribution in [0.1, 0.15) is 25.0 Å². The predicted molar refractivity (Wildman–Crippen MR) is 94.7 cm³/mol. The minimum Gasteiger partial charge on any atom is -0.351 e. The van der Waals surface area contributed by atoms with Gasteiger partial charge in [-0.2, -0.15) is 0 Å². The molecule has 126 valence electrons. The first-order chi connectivity index (χ1) is 11.3. The van der Waals surface area contributed by atoms with Crippen molar-refractivity contribution in [2.75, 3.05) is 5.32 Å². The van der Waals surface area contributed by atoms with Gasteiger partial charge >= 0.3 is 0 Å². The standard InChI is InChI=1S/C18H20ClN3O2/c1-12-4-5-14(19)10-15(12)22-17(24)18(2,3)16(23)21-11-13-6-8-20-9-7-13/h4-10H,11H2,1-3H3,(H,21,23)(H,22,24). The highest BCUT2D eigenvalue weighted by Gasteiger charge is 2.36. The molecular formula is C18H20ClN3O2. The Hall–Kier alpha value is -2.40. The van der Waals surface area contributed by atoms with E-state index in [4.69, 9.17) is 11.6 Å². The molecule has 0 spiro atoms. The summed E-state index contributed by atoms with van der Waals surface area (Å²) in [7, 11) is 0. The molecule has 0 aliphatic carbocycles. The van der Waals surface area contributed by atoms with E-state index in [2.05, 4.69) is 15.6 Å². The lowest BCUT2D eigenvalue weighted by atomic mass is 9.90. The van der Waals surface area contributed by atoms with E-state index in [1.807, 2.05) is 25.1 Å². The molecule has 1 heterocycles. The van der Waals surface area contributed by atoms with Gasteiger partial charge < -0.3 is 10.6 Å². The average Bonchev–Trinajstić information content (AvgIpc) is 2.56. The number of aryl methyl sites for hydroxylation is 1. The summed E-state index contributed by atoms with van der Waals surface area (Å²) in [5.74, 6) is -0.739. The maximum Gasteiger partial charge on any atom is 0.239 e. The molecule has 2 rings (SSSR count). The van der Waals surface area contributed by atoms with E-state index in [0.717, 1.165) is 11.1 Å². The number of nitrogens with zero attached hydrogens (tertiary/aromatic N) is 1. The van der Waals surface area contributed by atoms with Crippen LogP contribution in [-0.4, -0.2) is 16.8 Å². The summed E-state index contributed by atoms with van der Waals surface area (Å²) in [4.78, 5) is 28.9. The highest BCUT2D eigenvalue weighted by atomic mass is 35.5. The third kappa shape index (κ3) is 4.32. The van der Waals surface area contributed by atoms with E-state index in [-0.39, 0.29) is 11.8 Å². The highest BCUT2D eigenvalue weighted by Crippen LogP contribution is 2.24. The number of carbonyl (C=O) groups excluding carboxylic acids is 2. The number of halogens is 1. The fraction of sp³-hybridized carbons (Fsp3) is 0.278. The quantitative estimate of drug-likeness (QED) is 0.816. The van der Waals surface area contributed by atoms with E-state index in [9.17, 15) is 9.59 Å². The second-order valence-electron chi connectivity index (χ2n) is 6.08. The van der Waals surface area contributed by atoms with Gasteiger partial charge in [-0.25, -0.2) is 0 Å². The number of nitrogens with one attached hydrogen (secondary N) is 2. The molecule has 6 heteroatoms. The zero-order chi connectivity index (χ0) is 17.7. The van der Waals surface area contributed by atoms with Crippen molar-refractivity contribution in [1.82, 2.24) is 10.3 Å². The van der Waals surface area contributed by atoms with Gasteiger partial charge in [-0.05, 0) is 56.2 Å². The number of hydrogen-bond donors (Lipinski definition) is 2.